The number of rotatable bonds is 4. The van der Waals surface area contributed by atoms with Gasteiger partial charge in [-0.05, 0) is 30.7 Å². The molecule has 0 N–H and O–H groups in total. The normalized spacial score (nSPS) is 20.5. The SMILES string of the molecule is CC(C)CCN1CC(C(C)C)C1. The monoisotopic (exact) mass is 169 g/mol. The summed E-state index contributed by atoms with van der Waals surface area (Å²) >= 11 is 0. The molecule has 0 amide bonds. The molecular weight excluding hydrogens is 146 g/mol. The van der Waals surface area contributed by atoms with Gasteiger partial charge in [0.25, 0.3) is 0 Å². The van der Waals surface area contributed by atoms with E-state index < -0.39 is 0 Å². The molecule has 1 aliphatic rings. The van der Waals surface area contributed by atoms with E-state index in [0.717, 1.165) is 17.8 Å². The molecule has 1 saturated heterocycles. The molecule has 1 aliphatic heterocycles. The van der Waals surface area contributed by atoms with Crippen LogP contribution in [0.15, 0.2) is 0 Å². The minimum atomic E-state index is 0.864. The topological polar surface area (TPSA) is 3.24 Å². The van der Waals surface area contributed by atoms with Gasteiger partial charge < -0.3 is 4.90 Å². The first kappa shape index (κ1) is 10.0. The van der Waals surface area contributed by atoms with Gasteiger partial charge in [-0.25, -0.2) is 0 Å². The molecule has 72 valence electrons. The van der Waals surface area contributed by atoms with Crippen molar-refractivity contribution in [2.45, 2.75) is 34.1 Å². The Kier molecular flexibility index (Phi) is 3.57. The molecule has 0 aromatic rings. The highest BCUT2D eigenvalue weighted by atomic mass is 15.2. The van der Waals surface area contributed by atoms with Crippen LogP contribution in [0.25, 0.3) is 0 Å². The molecule has 1 fully saturated rings. The molecule has 0 aromatic heterocycles. The highest BCUT2D eigenvalue weighted by molar-refractivity contribution is 4.81. The van der Waals surface area contributed by atoms with Crippen LogP contribution in [-0.4, -0.2) is 24.5 Å². The van der Waals surface area contributed by atoms with E-state index in [2.05, 4.69) is 32.6 Å². The van der Waals surface area contributed by atoms with E-state index in [-0.39, 0.29) is 0 Å². The summed E-state index contributed by atoms with van der Waals surface area (Å²) in [5.74, 6) is 2.74. The molecule has 12 heavy (non-hydrogen) atoms. The minimum Gasteiger partial charge on any atom is -0.303 e. The molecule has 1 nitrogen and oxygen atoms in total. The third-order valence-electron chi connectivity index (χ3n) is 2.95. The Morgan fingerprint density at radius 3 is 2.17 bits per heavy atom. The van der Waals surface area contributed by atoms with Gasteiger partial charge in [-0.3, -0.25) is 0 Å². The number of likely N-dealkylation sites (tertiary alicyclic amines) is 1. The predicted molar refractivity (Wildman–Crippen MR) is 54.2 cm³/mol. The van der Waals surface area contributed by atoms with Crippen LogP contribution in [0, 0.1) is 17.8 Å². The summed E-state index contributed by atoms with van der Waals surface area (Å²) in [4.78, 5) is 2.59. The molecular formula is C11H23N. The first-order valence-electron chi connectivity index (χ1n) is 5.32. The fraction of sp³-hybridized carbons (Fsp3) is 1.00. The third kappa shape index (κ3) is 2.78. The van der Waals surface area contributed by atoms with Crippen LogP contribution in [-0.2, 0) is 0 Å². The van der Waals surface area contributed by atoms with Gasteiger partial charge in [-0.1, -0.05) is 27.7 Å². The van der Waals surface area contributed by atoms with E-state index in [1.165, 1.54) is 26.1 Å². The summed E-state index contributed by atoms with van der Waals surface area (Å²) in [5.41, 5.74) is 0. The maximum absolute atomic E-state index is 2.59. The van der Waals surface area contributed by atoms with Crippen LogP contribution >= 0.6 is 0 Å². The van der Waals surface area contributed by atoms with Crippen LogP contribution in [0.2, 0.25) is 0 Å². The summed E-state index contributed by atoms with van der Waals surface area (Å²) in [6.07, 6.45) is 1.37. The molecule has 0 atom stereocenters. The van der Waals surface area contributed by atoms with Gasteiger partial charge in [0.15, 0.2) is 0 Å². The molecule has 1 rings (SSSR count). The molecule has 1 heteroatoms. The molecule has 1 heterocycles. The zero-order valence-electron chi connectivity index (χ0n) is 9.01. The summed E-state index contributed by atoms with van der Waals surface area (Å²) in [7, 11) is 0. The number of hydrogen-bond acceptors (Lipinski definition) is 1. The van der Waals surface area contributed by atoms with Crippen molar-refractivity contribution < 1.29 is 0 Å². The number of nitrogens with zero attached hydrogens (tertiary/aromatic N) is 1. The van der Waals surface area contributed by atoms with Crippen molar-refractivity contribution in [2.24, 2.45) is 17.8 Å². The van der Waals surface area contributed by atoms with E-state index in [9.17, 15) is 0 Å². The first-order valence-corrected chi connectivity index (χ1v) is 5.32. The quantitative estimate of drug-likeness (QED) is 0.625. The van der Waals surface area contributed by atoms with Crippen molar-refractivity contribution in [2.75, 3.05) is 19.6 Å². The molecule has 0 bridgehead atoms. The molecule has 0 radical (unpaired) electrons. The summed E-state index contributed by atoms with van der Waals surface area (Å²) in [6, 6.07) is 0. The molecule has 0 spiro atoms. The van der Waals surface area contributed by atoms with Gasteiger partial charge in [0, 0.05) is 13.1 Å². The highest BCUT2D eigenvalue weighted by Crippen LogP contribution is 2.23. The Morgan fingerprint density at radius 1 is 1.17 bits per heavy atom. The van der Waals surface area contributed by atoms with E-state index in [4.69, 9.17) is 0 Å². The Labute approximate surface area is 77.1 Å². The second kappa shape index (κ2) is 4.27. The molecule has 0 unspecified atom stereocenters. The van der Waals surface area contributed by atoms with Crippen molar-refractivity contribution in [3.8, 4) is 0 Å². The molecule has 0 aliphatic carbocycles. The van der Waals surface area contributed by atoms with Crippen molar-refractivity contribution in [3.05, 3.63) is 0 Å². The summed E-state index contributed by atoms with van der Waals surface area (Å²) in [5, 5.41) is 0. The van der Waals surface area contributed by atoms with Crippen LogP contribution in [0.1, 0.15) is 34.1 Å². The van der Waals surface area contributed by atoms with Gasteiger partial charge >= 0.3 is 0 Å². The van der Waals surface area contributed by atoms with Crippen LogP contribution in [0.3, 0.4) is 0 Å². The smallest absolute Gasteiger partial charge is 0.00245 e. The minimum absolute atomic E-state index is 0.864. The average Bonchev–Trinajstić information content (AvgIpc) is 1.82. The third-order valence-corrected chi connectivity index (χ3v) is 2.95. The summed E-state index contributed by atoms with van der Waals surface area (Å²) in [6.45, 7) is 13.3. The van der Waals surface area contributed by atoms with Crippen molar-refractivity contribution >= 4 is 0 Å². The Balaban J connectivity index is 2.02. The zero-order chi connectivity index (χ0) is 9.14. The second-order valence-electron chi connectivity index (χ2n) is 4.95. The summed E-state index contributed by atoms with van der Waals surface area (Å²) < 4.78 is 0. The van der Waals surface area contributed by atoms with E-state index >= 15 is 0 Å². The Hall–Kier alpha value is -0.0400. The fourth-order valence-corrected chi connectivity index (χ4v) is 1.65. The molecule has 0 aromatic carbocycles. The highest BCUT2D eigenvalue weighted by Gasteiger charge is 2.28. The lowest BCUT2D eigenvalue weighted by Gasteiger charge is -2.42. The maximum Gasteiger partial charge on any atom is 0.00245 e. The van der Waals surface area contributed by atoms with Gasteiger partial charge in [0.05, 0.1) is 0 Å². The lowest BCUT2D eigenvalue weighted by atomic mass is 9.88. The lowest BCUT2D eigenvalue weighted by molar-refractivity contribution is 0.0644. The van der Waals surface area contributed by atoms with Crippen LogP contribution in [0.4, 0.5) is 0 Å². The van der Waals surface area contributed by atoms with Gasteiger partial charge in [-0.15, -0.1) is 0 Å². The van der Waals surface area contributed by atoms with Gasteiger partial charge in [0.2, 0.25) is 0 Å². The largest absolute Gasteiger partial charge is 0.303 e. The Bertz CT molecular complexity index is 120. The van der Waals surface area contributed by atoms with E-state index in [0.29, 0.717) is 0 Å². The van der Waals surface area contributed by atoms with Crippen LogP contribution < -0.4 is 0 Å². The van der Waals surface area contributed by atoms with Crippen LogP contribution in [0.5, 0.6) is 0 Å². The van der Waals surface area contributed by atoms with Crippen molar-refractivity contribution in [1.82, 2.24) is 4.90 Å². The van der Waals surface area contributed by atoms with E-state index in [1.54, 1.807) is 0 Å². The Morgan fingerprint density at radius 2 is 1.75 bits per heavy atom. The second-order valence-corrected chi connectivity index (χ2v) is 4.95. The lowest BCUT2D eigenvalue weighted by Crippen LogP contribution is -2.49. The zero-order valence-corrected chi connectivity index (χ0v) is 9.01. The van der Waals surface area contributed by atoms with Gasteiger partial charge in [0.1, 0.15) is 0 Å². The van der Waals surface area contributed by atoms with Crippen molar-refractivity contribution in [3.63, 3.8) is 0 Å². The van der Waals surface area contributed by atoms with E-state index in [1.807, 2.05) is 0 Å². The molecule has 0 saturated carbocycles. The average molecular weight is 169 g/mol. The number of hydrogen-bond donors (Lipinski definition) is 0. The fourth-order valence-electron chi connectivity index (χ4n) is 1.65. The maximum atomic E-state index is 2.59. The standard InChI is InChI=1S/C11H23N/c1-9(2)5-6-12-7-11(8-12)10(3)4/h9-11H,5-8H2,1-4H3. The first-order chi connectivity index (χ1) is 5.59. The van der Waals surface area contributed by atoms with Gasteiger partial charge in [-0.2, -0.15) is 0 Å². The van der Waals surface area contributed by atoms with Crippen molar-refractivity contribution in [1.29, 1.82) is 0 Å². The predicted octanol–water partition coefficient (Wildman–Crippen LogP) is 2.62.